The first-order valence-electron chi connectivity index (χ1n) is 7.11. The second-order valence-electron chi connectivity index (χ2n) is 4.93. The minimum atomic E-state index is -3.88. The molecule has 0 fully saturated rings. The summed E-state index contributed by atoms with van der Waals surface area (Å²) in [6.45, 7) is 0. The number of nitrogens with one attached hydrogen (secondary N) is 1. The topological polar surface area (TPSA) is 119 Å². The summed E-state index contributed by atoms with van der Waals surface area (Å²) in [5.41, 5.74) is 0.367. The Morgan fingerprint density at radius 1 is 1.08 bits per heavy atom. The molecule has 0 atom stereocenters. The highest BCUT2D eigenvalue weighted by atomic mass is 32.2. The predicted molar refractivity (Wildman–Crippen MR) is 92.1 cm³/mol. The van der Waals surface area contributed by atoms with E-state index in [4.69, 9.17) is 9.88 Å². The van der Waals surface area contributed by atoms with Crippen molar-refractivity contribution in [2.75, 3.05) is 19.1 Å². The highest BCUT2D eigenvalue weighted by Crippen LogP contribution is 2.24. The lowest BCUT2D eigenvalue weighted by Gasteiger charge is -2.21. The van der Waals surface area contributed by atoms with Crippen molar-refractivity contribution in [2.24, 2.45) is 5.14 Å². The van der Waals surface area contributed by atoms with Gasteiger partial charge in [0.15, 0.2) is 0 Å². The Morgan fingerprint density at radius 2 is 1.68 bits per heavy atom. The molecule has 0 unspecified atom stereocenters. The first-order valence-corrected chi connectivity index (χ1v) is 8.66. The lowest BCUT2D eigenvalue weighted by Crippen LogP contribution is -2.42. The molecule has 3 amide bonds. The quantitative estimate of drug-likeness (QED) is 0.849. The number of rotatable bonds is 4. The Kier molecular flexibility index (Phi) is 5.40. The van der Waals surface area contributed by atoms with Gasteiger partial charge >= 0.3 is 6.03 Å². The van der Waals surface area contributed by atoms with E-state index < -0.39 is 22.0 Å². The zero-order chi connectivity index (χ0) is 18.6. The predicted octanol–water partition coefficient (Wildman–Crippen LogP) is 1.33. The van der Waals surface area contributed by atoms with Gasteiger partial charge in [-0.1, -0.05) is 12.1 Å². The number of urea groups is 1. The molecule has 0 radical (unpaired) electrons. The molecular formula is C16H17N3O5S. The summed E-state index contributed by atoms with van der Waals surface area (Å²) in [6.07, 6.45) is 0. The molecule has 25 heavy (non-hydrogen) atoms. The number of benzene rings is 2. The number of imide groups is 1. The fourth-order valence-corrected chi connectivity index (χ4v) is 2.68. The molecular weight excluding hydrogens is 346 g/mol. The average molecular weight is 363 g/mol. The van der Waals surface area contributed by atoms with E-state index in [9.17, 15) is 18.0 Å². The number of methoxy groups -OCH3 is 1. The minimum absolute atomic E-state index is 0.127. The summed E-state index contributed by atoms with van der Waals surface area (Å²) < 4.78 is 27.8. The van der Waals surface area contributed by atoms with Gasteiger partial charge in [0, 0.05) is 7.05 Å². The average Bonchev–Trinajstić information content (AvgIpc) is 2.61. The van der Waals surface area contributed by atoms with Crippen LogP contribution in [0.5, 0.6) is 5.75 Å². The lowest BCUT2D eigenvalue weighted by molar-refractivity contribution is 0.0991. The number of para-hydroxylation sites is 1. The van der Waals surface area contributed by atoms with Crippen LogP contribution in [-0.4, -0.2) is 34.5 Å². The molecule has 0 aliphatic heterocycles. The van der Waals surface area contributed by atoms with Gasteiger partial charge in [-0.15, -0.1) is 0 Å². The molecule has 0 aliphatic rings. The highest BCUT2D eigenvalue weighted by molar-refractivity contribution is 7.89. The van der Waals surface area contributed by atoms with E-state index in [2.05, 4.69) is 5.32 Å². The Balaban J connectivity index is 2.50. The molecule has 2 aromatic rings. The zero-order valence-corrected chi connectivity index (χ0v) is 14.4. The molecule has 132 valence electrons. The number of sulfonamides is 1. The number of nitrogens with two attached hydrogens (primary N) is 1. The van der Waals surface area contributed by atoms with Gasteiger partial charge in [-0.3, -0.25) is 4.79 Å². The van der Waals surface area contributed by atoms with E-state index in [1.54, 1.807) is 18.2 Å². The number of nitrogens with zero attached hydrogens (tertiary/aromatic N) is 1. The fourth-order valence-electron chi connectivity index (χ4n) is 2.17. The van der Waals surface area contributed by atoms with Crippen molar-refractivity contribution in [3.63, 3.8) is 0 Å². The Labute approximate surface area is 145 Å². The number of amides is 3. The van der Waals surface area contributed by atoms with E-state index in [1.807, 2.05) is 0 Å². The molecule has 0 saturated carbocycles. The van der Waals surface area contributed by atoms with Gasteiger partial charge in [0.05, 0.1) is 23.3 Å². The number of hydrogen-bond donors (Lipinski definition) is 2. The van der Waals surface area contributed by atoms with Gasteiger partial charge in [0.25, 0.3) is 5.91 Å². The van der Waals surface area contributed by atoms with E-state index in [1.165, 1.54) is 44.5 Å². The highest BCUT2D eigenvalue weighted by Gasteiger charge is 2.26. The number of ether oxygens (including phenoxy) is 1. The van der Waals surface area contributed by atoms with Gasteiger partial charge in [-0.25, -0.2) is 23.3 Å². The van der Waals surface area contributed by atoms with Gasteiger partial charge in [-0.2, -0.15) is 0 Å². The fraction of sp³-hybridized carbons (Fsp3) is 0.125. The molecule has 0 bridgehead atoms. The largest absolute Gasteiger partial charge is 0.496 e. The van der Waals surface area contributed by atoms with Crippen LogP contribution in [0.15, 0.2) is 53.4 Å². The summed E-state index contributed by atoms with van der Waals surface area (Å²) in [5.74, 6) is -0.317. The minimum Gasteiger partial charge on any atom is -0.496 e. The van der Waals surface area contributed by atoms with Crippen LogP contribution < -0.4 is 20.1 Å². The summed E-state index contributed by atoms with van der Waals surface area (Å²) >= 11 is 0. The van der Waals surface area contributed by atoms with Crippen molar-refractivity contribution in [3.8, 4) is 5.75 Å². The lowest BCUT2D eigenvalue weighted by atomic mass is 10.1. The van der Waals surface area contributed by atoms with Crippen LogP contribution in [-0.2, 0) is 10.0 Å². The van der Waals surface area contributed by atoms with Crippen LogP contribution in [0.25, 0.3) is 0 Å². The molecule has 8 nitrogen and oxygen atoms in total. The molecule has 2 aromatic carbocycles. The van der Waals surface area contributed by atoms with Crippen LogP contribution in [0.3, 0.4) is 0 Å². The van der Waals surface area contributed by atoms with Crippen LogP contribution in [0, 0.1) is 0 Å². The van der Waals surface area contributed by atoms with Crippen molar-refractivity contribution in [3.05, 3.63) is 54.1 Å². The van der Waals surface area contributed by atoms with Crippen molar-refractivity contribution < 1.29 is 22.7 Å². The Morgan fingerprint density at radius 3 is 2.20 bits per heavy atom. The molecule has 0 heterocycles. The van der Waals surface area contributed by atoms with E-state index in [-0.39, 0.29) is 16.1 Å². The molecule has 0 aliphatic carbocycles. The van der Waals surface area contributed by atoms with Gasteiger partial charge in [0.2, 0.25) is 10.0 Å². The molecule has 9 heteroatoms. The van der Waals surface area contributed by atoms with E-state index in [0.29, 0.717) is 5.75 Å². The SMILES string of the molecule is CNC(=O)N(C(=O)c1ccccc1OC)c1ccc(S(N)(=O)=O)cc1. The summed E-state index contributed by atoms with van der Waals surface area (Å²) in [6, 6.07) is 10.9. The molecule has 2 rings (SSSR count). The first-order chi connectivity index (χ1) is 11.8. The summed E-state index contributed by atoms with van der Waals surface area (Å²) in [4.78, 5) is 25.8. The standard InChI is InChI=1S/C16H17N3O5S/c1-18-16(21)19(11-7-9-12(10-8-11)25(17,22)23)15(20)13-5-3-4-6-14(13)24-2/h3-10H,1-2H3,(H,18,21)(H2,17,22,23). The molecule has 0 saturated heterocycles. The van der Waals surface area contributed by atoms with Gasteiger partial charge in [-0.05, 0) is 36.4 Å². The second kappa shape index (κ2) is 7.32. The van der Waals surface area contributed by atoms with Crippen LogP contribution in [0.1, 0.15) is 10.4 Å². The smallest absolute Gasteiger partial charge is 0.328 e. The molecule has 0 spiro atoms. The molecule has 0 aromatic heterocycles. The molecule has 3 N–H and O–H groups in total. The summed E-state index contributed by atoms with van der Waals surface area (Å²) in [5, 5.41) is 7.43. The van der Waals surface area contributed by atoms with Crippen LogP contribution in [0.4, 0.5) is 10.5 Å². The van der Waals surface area contributed by atoms with Crippen molar-refractivity contribution in [2.45, 2.75) is 4.90 Å². The normalized spacial score (nSPS) is 10.8. The van der Waals surface area contributed by atoms with Crippen molar-refractivity contribution in [1.82, 2.24) is 5.32 Å². The Hall–Kier alpha value is -2.91. The third-order valence-electron chi connectivity index (χ3n) is 3.38. The van der Waals surface area contributed by atoms with Gasteiger partial charge in [0.1, 0.15) is 5.75 Å². The van der Waals surface area contributed by atoms with Gasteiger partial charge < -0.3 is 10.1 Å². The zero-order valence-electron chi connectivity index (χ0n) is 13.6. The monoisotopic (exact) mass is 363 g/mol. The van der Waals surface area contributed by atoms with Crippen molar-refractivity contribution in [1.29, 1.82) is 0 Å². The van der Waals surface area contributed by atoms with Crippen molar-refractivity contribution >= 4 is 27.6 Å². The maximum Gasteiger partial charge on any atom is 0.328 e. The first kappa shape index (κ1) is 18.4. The number of anilines is 1. The maximum absolute atomic E-state index is 12.8. The number of carbonyl (C=O) groups excluding carboxylic acids is 2. The van der Waals surface area contributed by atoms with E-state index >= 15 is 0 Å². The number of primary sulfonamides is 1. The third kappa shape index (κ3) is 3.95. The summed E-state index contributed by atoms with van der Waals surface area (Å²) in [7, 11) is -1.09. The maximum atomic E-state index is 12.8. The number of carbonyl (C=O) groups is 2. The Bertz CT molecular complexity index is 894. The van der Waals surface area contributed by atoms with Crippen LogP contribution >= 0.6 is 0 Å². The third-order valence-corrected chi connectivity index (χ3v) is 4.31. The second-order valence-corrected chi connectivity index (χ2v) is 6.50. The van der Waals surface area contributed by atoms with Crippen LogP contribution in [0.2, 0.25) is 0 Å². The number of hydrogen-bond acceptors (Lipinski definition) is 5. The van der Waals surface area contributed by atoms with E-state index in [0.717, 1.165) is 4.90 Å².